The van der Waals surface area contributed by atoms with Crippen LogP contribution >= 0.6 is 0 Å². The summed E-state index contributed by atoms with van der Waals surface area (Å²) in [5.41, 5.74) is 9.88. The average molecular weight is 436 g/mol. The summed E-state index contributed by atoms with van der Waals surface area (Å²) in [6.45, 7) is 0. The fraction of sp³-hybridized carbons (Fsp3) is 0.280. The van der Waals surface area contributed by atoms with Gasteiger partial charge in [-0.25, -0.2) is 9.78 Å². The largest absolute Gasteiger partial charge is 0.481 e. The number of aliphatic hydroxyl groups is 1. The van der Waals surface area contributed by atoms with Gasteiger partial charge in [0, 0.05) is 23.7 Å². The van der Waals surface area contributed by atoms with Gasteiger partial charge in [-0.1, -0.05) is 60.7 Å². The number of hydrogen-bond donors (Lipinski definition) is 4. The zero-order chi connectivity index (χ0) is 22.9. The maximum absolute atomic E-state index is 11.3. The second-order valence-electron chi connectivity index (χ2n) is 7.77. The molecule has 3 rings (SSSR count). The van der Waals surface area contributed by atoms with Crippen molar-refractivity contribution in [3.05, 3.63) is 83.9 Å². The minimum atomic E-state index is -1.13. The Bertz CT molecular complexity index is 996. The molecule has 3 aromatic rings. The number of aromatic nitrogens is 1. The van der Waals surface area contributed by atoms with Crippen LogP contribution in [0.3, 0.4) is 0 Å². The number of rotatable bonds is 10. The molecule has 0 saturated heterocycles. The monoisotopic (exact) mass is 435 g/mol. The van der Waals surface area contributed by atoms with Crippen LogP contribution in [0.4, 0.5) is 4.79 Å². The van der Waals surface area contributed by atoms with Gasteiger partial charge in [0.15, 0.2) is 0 Å². The first kappa shape index (κ1) is 23.2. The van der Waals surface area contributed by atoms with Gasteiger partial charge in [0.05, 0.1) is 18.9 Å². The molecule has 2 aromatic carbocycles. The van der Waals surface area contributed by atoms with Crippen LogP contribution in [0.1, 0.15) is 17.5 Å². The molecule has 1 aromatic heterocycles. The van der Waals surface area contributed by atoms with Crippen molar-refractivity contribution in [2.24, 2.45) is 5.73 Å². The highest BCUT2D eigenvalue weighted by molar-refractivity contribution is 5.65. The predicted octanol–water partition coefficient (Wildman–Crippen LogP) is 3.26. The topological polar surface area (TPSA) is 118 Å². The number of hydrogen-bond acceptors (Lipinski definition) is 5. The van der Waals surface area contributed by atoms with Crippen molar-refractivity contribution < 1.29 is 19.7 Å². The maximum atomic E-state index is 11.3. The molecule has 5 N–H and O–H groups in total. The average Bonchev–Trinajstić information content (AvgIpc) is 2.79. The van der Waals surface area contributed by atoms with Gasteiger partial charge in [-0.3, -0.25) is 0 Å². The number of pyridine rings is 1. The Morgan fingerprint density at radius 1 is 1.00 bits per heavy atom. The summed E-state index contributed by atoms with van der Waals surface area (Å²) in [4.78, 5) is 15.7. The lowest BCUT2D eigenvalue weighted by Gasteiger charge is -2.24. The van der Waals surface area contributed by atoms with Crippen LogP contribution in [0.5, 0.6) is 5.88 Å². The molecule has 0 spiro atoms. The van der Waals surface area contributed by atoms with Crippen LogP contribution in [0.25, 0.3) is 11.3 Å². The summed E-state index contributed by atoms with van der Waals surface area (Å²) in [5, 5.41) is 22.4. The van der Waals surface area contributed by atoms with E-state index >= 15 is 0 Å². The first-order valence-corrected chi connectivity index (χ1v) is 10.5. The van der Waals surface area contributed by atoms with Crippen molar-refractivity contribution >= 4 is 6.09 Å². The molecule has 0 unspecified atom stereocenters. The maximum Gasteiger partial charge on any atom is 0.404 e. The third kappa shape index (κ3) is 6.80. The van der Waals surface area contributed by atoms with E-state index in [1.807, 2.05) is 66.7 Å². The SMILES string of the molecule is COc1cccc(-c2ccc(C[C@@H](C[C@H](O)[C@@H](N)Cc3ccccc3)NC(=O)O)cc2)n1. The zero-order valence-corrected chi connectivity index (χ0v) is 18.0. The van der Waals surface area contributed by atoms with E-state index in [0.717, 1.165) is 22.4 Å². The van der Waals surface area contributed by atoms with E-state index in [4.69, 9.17) is 10.5 Å². The van der Waals surface area contributed by atoms with Crippen molar-refractivity contribution in [2.45, 2.75) is 37.5 Å². The smallest absolute Gasteiger partial charge is 0.404 e. The second-order valence-corrected chi connectivity index (χ2v) is 7.77. The number of carboxylic acid groups (broad SMARTS) is 1. The Hall–Kier alpha value is -3.42. The van der Waals surface area contributed by atoms with Crippen LogP contribution < -0.4 is 15.8 Å². The standard InChI is InChI=1S/C25H29N3O4/c1-32-24-9-5-8-22(28-24)19-12-10-18(11-13-19)14-20(27-25(30)31)16-23(29)21(26)15-17-6-3-2-4-7-17/h2-13,20-21,23,27,29H,14-16,26H2,1H3,(H,30,31)/t20-,21-,23-/m0/s1. The summed E-state index contributed by atoms with van der Waals surface area (Å²) in [6, 6.07) is 22.0. The van der Waals surface area contributed by atoms with E-state index in [1.165, 1.54) is 0 Å². The molecule has 32 heavy (non-hydrogen) atoms. The van der Waals surface area contributed by atoms with Gasteiger partial charge in [-0.15, -0.1) is 0 Å². The van der Waals surface area contributed by atoms with Gasteiger partial charge < -0.3 is 26.0 Å². The molecule has 0 fully saturated rings. The minimum Gasteiger partial charge on any atom is -0.481 e. The molecule has 0 radical (unpaired) electrons. The molecule has 168 valence electrons. The van der Waals surface area contributed by atoms with Gasteiger partial charge in [0.25, 0.3) is 0 Å². The van der Waals surface area contributed by atoms with Crippen molar-refractivity contribution in [3.63, 3.8) is 0 Å². The van der Waals surface area contributed by atoms with Gasteiger partial charge in [0.2, 0.25) is 5.88 Å². The Morgan fingerprint density at radius 3 is 2.34 bits per heavy atom. The third-order valence-electron chi connectivity index (χ3n) is 5.33. The highest BCUT2D eigenvalue weighted by atomic mass is 16.5. The van der Waals surface area contributed by atoms with Gasteiger partial charge in [0.1, 0.15) is 0 Å². The number of carbonyl (C=O) groups is 1. The summed E-state index contributed by atoms with van der Waals surface area (Å²) in [6.07, 6.45) is -0.792. The number of ether oxygens (including phenoxy) is 1. The van der Waals surface area contributed by atoms with Crippen molar-refractivity contribution in [2.75, 3.05) is 7.11 Å². The lowest BCUT2D eigenvalue weighted by molar-refractivity contribution is 0.119. The molecule has 0 bridgehead atoms. The fourth-order valence-corrected chi connectivity index (χ4v) is 3.64. The molecule has 1 amide bonds. The highest BCUT2D eigenvalue weighted by Crippen LogP contribution is 2.21. The lowest BCUT2D eigenvalue weighted by atomic mass is 9.94. The molecule has 3 atom stereocenters. The van der Waals surface area contributed by atoms with E-state index in [9.17, 15) is 15.0 Å². The van der Waals surface area contributed by atoms with Crippen LogP contribution in [0.15, 0.2) is 72.8 Å². The fourth-order valence-electron chi connectivity index (χ4n) is 3.64. The summed E-state index contributed by atoms with van der Waals surface area (Å²) < 4.78 is 5.17. The Balaban J connectivity index is 1.65. The Labute approximate surface area is 187 Å². The third-order valence-corrected chi connectivity index (χ3v) is 5.33. The molecular formula is C25H29N3O4. The number of nitrogens with one attached hydrogen (secondary N) is 1. The van der Waals surface area contributed by atoms with Gasteiger partial charge in [-0.2, -0.15) is 0 Å². The van der Waals surface area contributed by atoms with E-state index < -0.39 is 24.3 Å². The van der Waals surface area contributed by atoms with E-state index in [2.05, 4.69) is 10.3 Å². The van der Waals surface area contributed by atoms with E-state index in [-0.39, 0.29) is 6.42 Å². The lowest BCUT2D eigenvalue weighted by Crippen LogP contribution is -2.44. The molecule has 0 aliphatic heterocycles. The summed E-state index contributed by atoms with van der Waals surface area (Å²) in [7, 11) is 1.57. The molecule has 0 aliphatic rings. The first-order valence-electron chi connectivity index (χ1n) is 10.5. The highest BCUT2D eigenvalue weighted by Gasteiger charge is 2.22. The molecule has 0 aliphatic carbocycles. The van der Waals surface area contributed by atoms with E-state index in [0.29, 0.717) is 18.7 Å². The van der Waals surface area contributed by atoms with Crippen molar-refractivity contribution in [1.82, 2.24) is 10.3 Å². The number of nitrogens with zero attached hydrogens (tertiary/aromatic N) is 1. The summed E-state index contributed by atoms with van der Waals surface area (Å²) in [5.74, 6) is 0.540. The quantitative estimate of drug-likeness (QED) is 0.388. The molecule has 0 saturated carbocycles. The Morgan fingerprint density at radius 2 is 1.69 bits per heavy atom. The van der Waals surface area contributed by atoms with Crippen LogP contribution in [-0.4, -0.2) is 46.6 Å². The number of aliphatic hydroxyl groups excluding tert-OH is 1. The van der Waals surface area contributed by atoms with Crippen molar-refractivity contribution in [1.29, 1.82) is 0 Å². The molecule has 1 heterocycles. The zero-order valence-electron chi connectivity index (χ0n) is 18.0. The molecule has 7 nitrogen and oxygen atoms in total. The number of nitrogens with two attached hydrogens (primary N) is 1. The number of methoxy groups -OCH3 is 1. The molecular weight excluding hydrogens is 406 g/mol. The number of benzene rings is 2. The normalized spacial score (nSPS) is 13.7. The van der Waals surface area contributed by atoms with Gasteiger partial charge >= 0.3 is 6.09 Å². The van der Waals surface area contributed by atoms with E-state index in [1.54, 1.807) is 13.2 Å². The van der Waals surface area contributed by atoms with Crippen LogP contribution in [-0.2, 0) is 12.8 Å². The minimum absolute atomic E-state index is 0.222. The first-order chi connectivity index (χ1) is 15.4. The van der Waals surface area contributed by atoms with Crippen molar-refractivity contribution in [3.8, 4) is 17.1 Å². The second kappa shape index (κ2) is 11.3. The van der Waals surface area contributed by atoms with Crippen LogP contribution in [0, 0.1) is 0 Å². The predicted molar refractivity (Wildman–Crippen MR) is 124 cm³/mol. The van der Waals surface area contributed by atoms with Crippen LogP contribution in [0.2, 0.25) is 0 Å². The molecule has 7 heteroatoms. The van der Waals surface area contributed by atoms with Gasteiger partial charge in [-0.05, 0) is 36.5 Å². The number of amides is 1. The Kier molecular flexibility index (Phi) is 8.19. The summed E-state index contributed by atoms with van der Waals surface area (Å²) >= 11 is 0.